The zero-order valence-corrected chi connectivity index (χ0v) is 34.9. The van der Waals surface area contributed by atoms with Crippen LogP contribution in [0.1, 0.15) is 199 Å². The van der Waals surface area contributed by atoms with Gasteiger partial charge in [0.15, 0.2) is 0 Å². The Balaban J connectivity index is 0.888. The molecule has 11 rings (SSSR count). The molecule has 2 saturated heterocycles. The maximum atomic E-state index is 7.74. The molecular formula is C51H84N2O. The van der Waals surface area contributed by atoms with E-state index in [1.54, 1.807) is 51.4 Å². The Morgan fingerprint density at radius 3 is 1.59 bits per heavy atom. The van der Waals surface area contributed by atoms with Crippen LogP contribution in [0.4, 0.5) is 0 Å². The first-order chi connectivity index (χ1) is 26.7. The first-order valence-corrected chi connectivity index (χ1v) is 25.9. The molecule has 3 heteroatoms. The molecule has 54 heavy (non-hydrogen) atoms. The van der Waals surface area contributed by atoms with Gasteiger partial charge in [-0.05, 0) is 159 Å². The van der Waals surface area contributed by atoms with E-state index in [0.29, 0.717) is 24.4 Å². The molecule has 2 N–H and O–H groups in total. The monoisotopic (exact) mass is 741 g/mol. The van der Waals surface area contributed by atoms with Gasteiger partial charge in [0.1, 0.15) is 0 Å². The third-order valence-corrected chi connectivity index (χ3v) is 21.0. The molecule has 11 fully saturated rings. The van der Waals surface area contributed by atoms with E-state index in [1.165, 1.54) is 148 Å². The third-order valence-electron chi connectivity index (χ3n) is 21.0. The van der Waals surface area contributed by atoms with Gasteiger partial charge in [-0.1, -0.05) is 128 Å². The molecule has 0 aromatic carbocycles. The van der Waals surface area contributed by atoms with Crippen LogP contribution in [0, 0.1) is 88.8 Å². The summed E-state index contributed by atoms with van der Waals surface area (Å²) in [6.07, 6.45) is 48.8. The lowest BCUT2D eigenvalue weighted by molar-refractivity contribution is -0.0769. The summed E-state index contributed by atoms with van der Waals surface area (Å²) in [5, 5.41) is 9.20. The van der Waals surface area contributed by atoms with E-state index in [0.717, 1.165) is 94.8 Å². The number of rotatable bonds is 5. The average molecular weight is 741 g/mol. The third kappa shape index (κ3) is 6.96. The summed E-state index contributed by atoms with van der Waals surface area (Å²) >= 11 is 0. The van der Waals surface area contributed by atoms with Crippen molar-refractivity contribution in [3.8, 4) is 0 Å². The van der Waals surface area contributed by atoms with Gasteiger partial charge in [-0.15, -0.1) is 0 Å². The Morgan fingerprint density at radius 1 is 0.296 bits per heavy atom. The van der Waals surface area contributed by atoms with E-state index in [4.69, 9.17) is 4.74 Å². The fraction of sp³-hybridized carbons (Fsp3) is 1.00. The largest absolute Gasteiger partial charge is 0.374 e. The molecule has 0 radical (unpaired) electrons. The van der Waals surface area contributed by atoms with Crippen molar-refractivity contribution in [3.05, 3.63) is 0 Å². The second kappa shape index (κ2) is 16.1. The van der Waals surface area contributed by atoms with Crippen molar-refractivity contribution in [3.63, 3.8) is 0 Å². The van der Waals surface area contributed by atoms with Gasteiger partial charge in [0.2, 0.25) is 0 Å². The Hall–Kier alpha value is -0.120. The molecule has 0 bridgehead atoms. The Morgan fingerprint density at radius 2 is 0.796 bits per heavy atom. The van der Waals surface area contributed by atoms with Crippen LogP contribution in [0.3, 0.4) is 0 Å². The smallest absolute Gasteiger partial charge is 0.0644 e. The number of ether oxygens (including phenoxy) is 1. The van der Waals surface area contributed by atoms with Crippen molar-refractivity contribution in [2.45, 2.75) is 230 Å². The Bertz CT molecular complexity index is 1240. The summed E-state index contributed by atoms with van der Waals surface area (Å²) in [4.78, 5) is 0. The lowest BCUT2D eigenvalue weighted by Gasteiger charge is -2.54. The molecule has 9 aliphatic carbocycles. The van der Waals surface area contributed by atoms with E-state index in [2.05, 4.69) is 10.6 Å². The minimum Gasteiger partial charge on any atom is -0.374 e. The molecule has 9 saturated carbocycles. The van der Waals surface area contributed by atoms with Gasteiger partial charge in [-0.25, -0.2) is 0 Å². The maximum absolute atomic E-state index is 7.74. The van der Waals surface area contributed by atoms with Crippen LogP contribution in [0.15, 0.2) is 0 Å². The topological polar surface area (TPSA) is 33.3 Å². The predicted octanol–water partition coefficient (Wildman–Crippen LogP) is 12.5. The molecule has 0 aromatic rings. The highest BCUT2D eigenvalue weighted by Gasteiger charge is 2.59. The van der Waals surface area contributed by atoms with E-state index < -0.39 is 0 Å². The van der Waals surface area contributed by atoms with E-state index >= 15 is 0 Å². The van der Waals surface area contributed by atoms with Crippen LogP contribution in [-0.2, 0) is 4.74 Å². The summed E-state index contributed by atoms with van der Waals surface area (Å²) in [5.41, 5.74) is 0. The van der Waals surface area contributed by atoms with Crippen molar-refractivity contribution in [1.29, 1.82) is 0 Å². The highest BCUT2D eigenvalue weighted by molar-refractivity contribution is 5.10. The van der Waals surface area contributed by atoms with Gasteiger partial charge >= 0.3 is 0 Å². The molecule has 0 aromatic heterocycles. The Kier molecular flexibility index (Phi) is 11.0. The number of hydrogen-bond donors (Lipinski definition) is 2. The van der Waals surface area contributed by atoms with Gasteiger partial charge in [0, 0.05) is 12.1 Å². The lowest BCUT2D eigenvalue weighted by atomic mass is 9.55. The van der Waals surface area contributed by atoms with Crippen LogP contribution in [0.5, 0.6) is 0 Å². The van der Waals surface area contributed by atoms with Crippen LogP contribution >= 0.6 is 0 Å². The lowest BCUT2D eigenvalue weighted by Crippen LogP contribution is -2.66. The molecule has 11 aliphatic rings. The Labute approximate surface area is 332 Å². The molecule has 18 unspecified atom stereocenters. The summed E-state index contributed by atoms with van der Waals surface area (Å²) < 4.78 is 7.74. The first-order valence-electron chi connectivity index (χ1n) is 25.9. The number of nitrogens with one attached hydrogen (secondary N) is 2. The van der Waals surface area contributed by atoms with Crippen molar-refractivity contribution in [1.82, 2.24) is 10.6 Å². The van der Waals surface area contributed by atoms with Crippen LogP contribution in [-0.4, -0.2) is 30.5 Å². The second-order valence-electron chi connectivity index (χ2n) is 23.2. The van der Waals surface area contributed by atoms with Gasteiger partial charge in [-0.2, -0.15) is 0 Å². The second-order valence-corrected chi connectivity index (χ2v) is 23.2. The van der Waals surface area contributed by atoms with E-state index in [1.807, 2.05) is 0 Å². The highest BCUT2D eigenvalue weighted by Crippen LogP contribution is 2.61. The quantitative estimate of drug-likeness (QED) is 0.294. The summed E-state index contributed by atoms with van der Waals surface area (Å²) in [6.45, 7) is 0. The highest BCUT2D eigenvalue weighted by atomic mass is 16.5. The molecule has 0 amide bonds. The van der Waals surface area contributed by atoms with Gasteiger partial charge < -0.3 is 4.74 Å². The fourth-order valence-electron chi connectivity index (χ4n) is 18.8. The standard InChI is InChI=1S/C51H84N2O/c1-3-13-32(14-4-1)34-20-11-21-38(27-34)41-25-26-43(49-44-29-35-17-7-8-18-36(35)30-47(44)54-50(41)49)46-31-45(52-51(53-46)33-15-5-2-6-16-33)42-24-12-22-39-28-37-19-9-10-23-40(37)48(39)42/h32-53H,1-31H2. The van der Waals surface area contributed by atoms with Crippen molar-refractivity contribution in [2.24, 2.45) is 88.8 Å². The van der Waals surface area contributed by atoms with Crippen LogP contribution in [0.25, 0.3) is 0 Å². The molecule has 18 atom stereocenters. The molecular weight excluding hydrogens is 657 g/mol. The van der Waals surface area contributed by atoms with Gasteiger partial charge in [0.25, 0.3) is 0 Å². The summed E-state index contributed by atoms with van der Waals surface area (Å²) in [5.74, 6) is 14.5. The molecule has 3 nitrogen and oxygen atoms in total. The molecule has 304 valence electrons. The first kappa shape index (κ1) is 36.9. The normalized spacial score (nSPS) is 53.1. The zero-order valence-electron chi connectivity index (χ0n) is 34.9. The fourth-order valence-corrected chi connectivity index (χ4v) is 18.8. The van der Waals surface area contributed by atoms with Crippen LogP contribution < -0.4 is 10.6 Å². The maximum Gasteiger partial charge on any atom is 0.0644 e. The molecule has 2 aliphatic heterocycles. The molecule has 0 spiro atoms. The summed E-state index contributed by atoms with van der Waals surface area (Å²) in [7, 11) is 0. The molecule has 2 heterocycles. The summed E-state index contributed by atoms with van der Waals surface area (Å²) in [6, 6.07) is 1.47. The SMILES string of the molecule is C1CCC(C2CCCC(C3CCC(C4CC(C5CCCC6CC7CCCCC7C65)NC(C5CCCCC5)N4)C4C5CC6CCCCC6CC5OC34)C2)CC1. The number of fused-ring (bicyclic) bond motifs is 7. The van der Waals surface area contributed by atoms with E-state index in [-0.39, 0.29) is 0 Å². The predicted molar refractivity (Wildman–Crippen MR) is 222 cm³/mol. The van der Waals surface area contributed by atoms with Crippen molar-refractivity contribution < 1.29 is 4.74 Å². The minimum absolute atomic E-state index is 0.566. The van der Waals surface area contributed by atoms with Gasteiger partial charge in [-0.3, -0.25) is 10.6 Å². The minimum atomic E-state index is 0.566. The number of hydrogen-bond acceptors (Lipinski definition) is 3. The average Bonchev–Trinajstić information content (AvgIpc) is 3.81. The van der Waals surface area contributed by atoms with Crippen molar-refractivity contribution in [2.75, 3.05) is 0 Å². The van der Waals surface area contributed by atoms with Gasteiger partial charge in [0.05, 0.1) is 18.4 Å². The van der Waals surface area contributed by atoms with Crippen LogP contribution in [0.2, 0.25) is 0 Å². The van der Waals surface area contributed by atoms with Crippen molar-refractivity contribution >= 4 is 0 Å². The van der Waals surface area contributed by atoms with E-state index in [9.17, 15) is 0 Å². The zero-order chi connectivity index (χ0) is 35.6.